The second-order valence-corrected chi connectivity index (χ2v) is 5.35. The monoisotopic (exact) mass is 278 g/mol. The molecule has 0 N–H and O–H groups in total. The Kier molecular flexibility index (Phi) is 5.67. The summed E-state index contributed by atoms with van der Waals surface area (Å²) in [6, 6.07) is 1.69. The van der Waals surface area contributed by atoms with E-state index in [9.17, 15) is 4.79 Å². The summed E-state index contributed by atoms with van der Waals surface area (Å²) < 4.78 is 9.89. The summed E-state index contributed by atoms with van der Waals surface area (Å²) in [5.74, 6) is 2.44. The molecule has 0 aromatic carbocycles. The molecular weight excluding hydrogens is 256 g/mol. The first kappa shape index (κ1) is 16.1. The number of carbonyl (C=O) groups excluding carboxylic acids is 1. The molecule has 0 saturated heterocycles. The molecule has 2 aromatic rings. The lowest BCUT2D eigenvalue weighted by atomic mass is 10.1. The molecule has 0 atom stereocenters. The van der Waals surface area contributed by atoms with E-state index in [1.54, 1.807) is 12.3 Å². The molecule has 2 aromatic heterocycles. The molecule has 2 rings (SSSR count). The van der Waals surface area contributed by atoms with Crippen LogP contribution in [0.15, 0.2) is 21.3 Å². The topological polar surface area (TPSA) is 69.1 Å². The van der Waals surface area contributed by atoms with Crippen molar-refractivity contribution in [3.8, 4) is 0 Å². The van der Waals surface area contributed by atoms with E-state index in [0.717, 1.165) is 17.1 Å². The van der Waals surface area contributed by atoms with Gasteiger partial charge < -0.3 is 9.05 Å². The van der Waals surface area contributed by atoms with E-state index in [0.29, 0.717) is 11.6 Å². The Balaban J connectivity index is 0.000000204. The van der Waals surface area contributed by atoms with Crippen LogP contribution in [0.5, 0.6) is 0 Å². The van der Waals surface area contributed by atoms with Crippen molar-refractivity contribution >= 4 is 5.78 Å². The summed E-state index contributed by atoms with van der Waals surface area (Å²) in [4.78, 5) is 10.8. The van der Waals surface area contributed by atoms with Gasteiger partial charge in [-0.15, -0.1) is 0 Å². The zero-order valence-corrected chi connectivity index (χ0v) is 12.9. The van der Waals surface area contributed by atoms with E-state index >= 15 is 0 Å². The highest BCUT2D eigenvalue weighted by Crippen LogP contribution is 2.17. The number of carbonyl (C=O) groups is 1. The van der Waals surface area contributed by atoms with Crippen LogP contribution in [0.2, 0.25) is 0 Å². The molecular formula is C15H22N2O3. The molecule has 0 amide bonds. The normalized spacial score (nSPS) is 10.6. The van der Waals surface area contributed by atoms with Crippen molar-refractivity contribution in [1.82, 2.24) is 10.3 Å². The summed E-state index contributed by atoms with van der Waals surface area (Å²) in [7, 11) is 0. The fourth-order valence-corrected chi connectivity index (χ4v) is 1.59. The first-order chi connectivity index (χ1) is 9.32. The third-order valence-electron chi connectivity index (χ3n) is 2.77. The summed E-state index contributed by atoms with van der Waals surface area (Å²) in [6.07, 6.45) is 1.75. The van der Waals surface area contributed by atoms with Crippen molar-refractivity contribution in [2.24, 2.45) is 0 Å². The molecule has 2 heterocycles. The van der Waals surface area contributed by atoms with Gasteiger partial charge in [0.25, 0.3) is 0 Å². The third-order valence-corrected chi connectivity index (χ3v) is 2.77. The number of hydrogen-bond donors (Lipinski definition) is 0. The van der Waals surface area contributed by atoms with Gasteiger partial charge in [-0.2, -0.15) is 0 Å². The van der Waals surface area contributed by atoms with Gasteiger partial charge in [-0.1, -0.05) is 38.0 Å². The molecule has 20 heavy (non-hydrogen) atoms. The highest BCUT2D eigenvalue weighted by Gasteiger charge is 2.10. The number of nitrogens with zero attached hydrogens (tertiary/aromatic N) is 2. The highest BCUT2D eigenvalue weighted by atomic mass is 16.5. The quantitative estimate of drug-likeness (QED) is 0.790. The standard InChI is InChI=1S/C8H11NO2.C7H11NO/c1-5(2)8-4-7(6(3)10)9-11-8;1-5(2)7-6(3)4-8-9-7/h4-5H,1-3H3;4-5H,1-3H3. The number of rotatable bonds is 3. The van der Waals surface area contributed by atoms with Crippen molar-refractivity contribution in [2.45, 2.75) is 53.4 Å². The van der Waals surface area contributed by atoms with E-state index in [1.807, 2.05) is 20.8 Å². The van der Waals surface area contributed by atoms with Crippen LogP contribution in [0, 0.1) is 6.92 Å². The second kappa shape index (κ2) is 7.03. The molecule has 5 nitrogen and oxygen atoms in total. The van der Waals surface area contributed by atoms with Gasteiger partial charge in [0.05, 0.1) is 6.20 Å². The molecule has 5 heteroatoms. The molecule has 0 fully saturated rings. The van der Waals surface area contributed by atoms with E-state index in [4.69, 9.17) is 9.05 Å². The number of hydrogen-bond acceptors (Lipinski definition) is 5. The van der Waals surface area contributed by atoms with Gasteiger partial charge in [0.1, 0.15) is 17.2 Å². The highest BCUT2D eigenvalue weighted by molar-refractivity contribution is 5.91. The number of aryl methyl sites for hydroxylation is 1. The molecule has 0 aliphatic carbocycles. The lowest BCUT2D eigenvalue weighted by molar-refractivity contribution is 0.100. The van der Waals surface area contributed by atoms with Gasteiger partial charge in [-0.05, 0) is 6.92 Å². The minimum Gasteiger partial charge on any atom is -0.361 e. The predicted molar refractivity (Wildman–Crippen MR) is 75.9 cm³/mol. The number of ketones is 1. The Morgan fingerprint density at radius 2 is 1.80 bits per heavy atom. The maximum absolute atomic E-state index is 10.8. The molecule has 0 bridgehead atoms. The third kappa shape index (κ3) is 4.33. The lowest BCUT2D eigenvalue weighted by Gasteiger charge is -1.96. The zero-order valence-electron chi connectivity index (χ0n) is 12.9. The smallest absolute Gasteiger partial charge is 0.181 e. The van der Waals surface area contributed by atoms with Crippen LogP contribution in [0.3, 0.4) is 0 Å². The van der Waals surface area contributed by atoms with Crippen molar-refractivity contribution < 1.29 is 13.8 Å². The molecule has 0 aliphatic rings. The van der Waals surface area contributed by atoms with Crippen molar-refractivity contribution in [1.29, 1.82) is 0 Å². The van der Waals surface area contributed by atoms with Gasteiger partial charge in [0.15, 0.2) is 5.78 Å². The van der Waals surface area contributed by atoms with Crippen LogP contribution >= 0.6 is 0 Å². The minimum atomic E-state index is -0.0550. The molecule has 110 valence electrons. The zero-order chi connectivity index (χ0) is 15.3. The predicted octanol–water partition coefficient (Wildman–Crippen LogP) is 4.11. The van der Waals surface area contributed by atoms with E-state index in [1.165, 1.54) is 6.92 Å². The first-order valence-electron chi connectivity index (χ1n) is 6.71. The Labute approximate surface area is 119 Å². The molecule has 0 saturated carbocycles. The lowest BCUT2D eigenvalue weighted by Crippen LogP contribution is -1.90. The van der Waals surface area contributed by atoms with Crippen LogP contribution in [-0.4, -0.2) is 16.1 Å². The first-order valence-corrected chi connectivity index (χ1v) is 6.71. The minimum absolute atomic E-state index is 0.0550. The SMILES string of the molecule is CC(=O)c1cc(C(C)C)on1.Cc1cnoc1C(C)C. The fraction of sp³-hybridized carbons (Fsp3) is 0.533. The fourth-order valence-electron chi connectivity index (χ4n) is 1.59. The van der Waals surface area contributed by atoms with E-state index in [2.05, 4.69) is 24.2 Å². The Morgan fingerprint density at radius 3 is 2.05 bits per heavy atom. The summed E-state index contributed by atoms with van der Waals surface area (Å²) in [5.41, 5.74) is 1.55. The maximum Gasteiger partial charge on any atom is 0.181 e. The average molecular weight is 278 g/mol. The summed E-state index contributed by atoms with van der Waals surface area (Å²) in [6.45, 7) is 11.6. The second-order valence-electron chi connectivity index (χ2n) is 5.35. The van der Waals surface area contributed by atoms with E-state index in [-0.39, 0.29) is 11.7 Å². The van der Waals surface area contributed by atoms with Crippen LogP contribution in [-0.2, 0) is 0 Å². The molecule has 0 unspecified atom stereocenters. The van der Waals surface area contributed by atoms with Gasteiger partial charge in [-0.25, -0.2) is 0 Å². The van der Waals surface area contributed by atoms with Crippen LogP contribution in [0.4, 0.5) is 0 Å². The average Bonchev–Trinajstić information content (AvgIpc) is 2.97. The number of Topliss-reactive ketones (excluding diaryl/α,β-unsaturated/α-hetero) is 1. The van der Waals surface area contributed by atoms with Crippen molar-refractivity contribution in [3.63, 3.8) is 0 Å². The van der Waals surface area contributed by atoms with Crippen LogP contribution in [0.25, 0.3) is 0 Å². The Morgan fingerprint density at radius 1 is 1.15 bits per heavy atom. The van der Waals surface area contributed by atoms with Crippen molar-refractivity contribution in [2.75, 3.05) is 0 Å². The summed E-state index contributed by atoms with van der Waals surface area (Å²) >= 11 is 0. The molecule has 0 spiro atoms. The largest absolute Gasteiger partial charge is 0.361 e. The Hall–Kier alpha value is -1.91. The van der Waals surface area contributed by atoms with Crippen LogP contribution < -0.4 is 0 Å². The number of aromatic nitrogens is 2. The maximum atomic E-state index is 10.8. The van der Waals surface area contributed by atoms with Gasteiger partial charge >= 0.3 is 0 Å². The van der Waals surface area contributed by atoms with Crippen molar-refractivity contribution in [3.05, 3.63) is 35.0 Å². The van der Waals surface area contributed by atoms with Gasteiger partial charge in [-0.3, -0.25) is 4.79 Å². The summed E-state index contributed by atoms with van der Waals surface area (Å²) in [5, 5.41) is 7.28. The van der Waals surface area contributed by atoms with Gasteiger partial charge in [0, 0.05) is 30.4 Å². The van der Waals surface area contributed by atoms with Gasteiger partial charge in [0.2, 0.25) is 0 Å². The Bertz CT molecular complexity index is 553. The van der Waals surface area contributed by atoms with E-state index < -0.39 is 0 Å². The molecule has 0 aliphatic heterocycles. The molecule has 0 radical (unpaired) electrons. The van der Waals surface area contributed by atoms with Crippen LogP contribution in [0.1, 0.15) is 74.0 Å².